The standard InChI is InChI=1S/C35H42O5/c1-4-19-38-20-9-8-10-27-14-16-28(17-15-27)21-31-22-30(18-13-26(31)2)33-23-32(24-34(40-33)35(36)37-3)39-25-29-11-6-5-7-12-29/h4-7,11-18,22,32-34H,1,8-10,19-21,23-25H2,2-3H3/t32-,33-,34+/m1/s1. The number of unbranched alkanes of at least 4 members (excludes halogenated alkanes) is 1. The van der Waals surface area contributed by atoms with Gasteiger partial charge in [-0.2, -0.15) is 0 Å². The van der Waals surface area contributed by atoms with E-state index < -0.39 is 6.10 Å². The van der Waals surface area contributed by atoms with Crippen molar-refractivity contribution in [2.75, 3.05) is 20.3 Å². The first kappa shape index (κ1) is 29.7. The molecule has 1 saturated heterocycles. The third kappa shape index (κ3) is 8.88. The van der Waals surface area contributed by atoms with Crippen molar-refractivity contribution >= 4 is 5.97 Å². The molecular weight excluding hydrogens is 500 g/mol. The molecule has 5 heteroatoms. The van der Waals surface area contributed by atoms with Gasteiger partial charge in [0.1, 0.15) is 0 Å². The summed E-state index contributed by atoms with van der Waals surface area (Å²) in [5.41, 5.74) is 7.31. The van der Waals surface area contributed by atoms with Crippen LogP contribution >= 0.6 is 0 Å². The van der Waals surface area contributed by atoms with Gasteiger partial charge in [-0.25, -0.2) is 4.79 Å². The third-order valence-corrected chi connectivity index (χ3v) is 7.48. The summed E-state index contributed by atoms with van der Waals surface area (Å²) < 4.78 is 23.0. The van der Waals surface area contributed by atoms with E-state index in [0.717, 1.165) is 43.4 Å². The monoisotopic (exact) mass is 542 g/mol. The maximum atomic E-state index is 12.5. The topological polar surface area (TPSA) is 54.0 Å². The number of ether oxygens (including phenoxy) is 4. The molecule has 212 valence electrons. The maximum absolute atomic E-state index is 12.5. The average molecular weight is 543 g/mol. The van der Waals surface area contributed by atoms with Gasteiger partial charge in [-0.3, -0.25) is 0 Å². The van der Waals surface area contributed by atoms with Crippen LogP contribution in [0.15, 0.2) is 85.5 Å². The Bertz CT molecular complexity index is 1200. The fourth-order valence-electron chi connectivity index (χ4n) is 5.13. The van der Waals surface area contributed by atoms with E-state index in [0.29, 0.717) is 26.1 Å². The predicted molar refractivity (Wildman–Crippen MR) is 158 cm³/mol. The number of esters is 1. The lowest BCUT2D eigenvalue weighted by Crippen LogP contribution is -2.38. The summed E-state index contributed by atoms with van der Waals surface area (Å²) in [6.45, 7) is 7.73. The number of methoxy groups -OCH3 is 1. The van der Waals surface area contributed by atoms with E-state index in [2.05, 4.69) is 56.0 Å². The van der Waals surface area contributed by atoms with Gasteiger partial charge in [0.25, 0.3) is 0 Å². The second-order valence-corrected chi connectivity index (χ2v) is 10.5. The number of carbonyl (C=O) groups excluding carboxylic acids is 1. The summed E-state index contributed by atoms with van der Waals surface area (Å²) in [6.07, 6.45) is 6.05. The number of hydrogen-bond acceptors (Lipinski definition) is 5. The van der Waals surface area contributed by atoms with Gasteiger partial charge in [0.2, 0.25) is 0 Å². The molecule has 4 rings (SSSR count). The molecule has 5 nitrogen and oxygen atoms in total. The summed E-state index contributed by atoms with van der Waals surface area (Å²) in [4.78, 5) is 12.5. The zero-order valence-corrected chi connectivity index (χ0v) is 23.8. The second-order valence-electron chi connectivity index (χ2n) is 10.5. The molecule has 0 aliphatic carbocycles. The lowest BCUT2D eigenvalue weighted by molar-refractivity contribution is -0.174. The van der Waals surface area contributed by atoms with Crippen LogP contribution in [-0.2, 0) is 43.2 Å². The highest BCUT2D eigenvalue weighted by atomic mass is 16.6. The molecule has 40 heavy (non-hydrogen) atoms. The lowest BCUT2D eigenvalue weighted by atomic mass is 9.91. The molecule has 1 aliphatic heterocycles. The summed E-state index contributed by atoms with van der Waals surface area (Å²) in [5, 5.41) is 0. The molecule has 0 amide bonds. The largest absolute Gasteiger partial charge is 0.467 e. The van der Waals surface area contributed by atoms with Gasteiger partial charge in [-0.05, 0) is 66.0 Å². The predicted octanol–water partition coefficient (Wildman–Crippen LogP) is 7.09. The fourth-order valence-corrected chi connectivity index (χ4v) is 5.13. The Morgan fingerprint density at radius 2 is 1.75 bits per heavy atom. The first-order valence-corrected chi connectivity index (χ1v) is 14.3. The number of hydrogen-bond donors (Lipinski definition) is 0. The van der Waals surface area contributed by atoms with Crippen molar-refractivity contribution in [1.82, 2.24) is 0 Å². The van der Waals surface area contributed by atoms with Crippen LogP contribution in [0.2, 0.25) is 0 Å². The van der Waals surface area contributed by atoms with Gasteiger partial charge >= 0.3 is 5.97 Å². The minimum absolute atomic E-state index is 0.103. The average Bonchev–Trinajstić information content (AvgIpc) is 2.99. The summed E-state index contributed by atoms with van der Waals surface area (Å²) in [7, 11) is 1.41. The molecular formula is C35H42O5. The molecule has 1 heterocycles. The molecule has 3 aromatic carbocycles. The van der Waals surface area contributed by atoms with Gasteiger partial charge in [0.15, 0.2) is 6.10 Å². The molecule has 1 fully saturated rings. The molecule has 0 aromatic heterocycles. The highest BCUT2D eigenvalue weighted by molar-refractivity contribution is 5.74. The lowest BCUT2D eigenvalue weighted by Gasteiger charge is -2.34. The molecule has 1 aliphatic rings. The van der Waals surface area contributed by atoms with Crippen LogP contribution in [0.1, 0.15) is 65.2 Å². The maximum Gasteiger partial charge on any atom is 0.335 e. The van der Waals surface area contributed by atoms with Crippen molar-refractivity contribution in [3.8, 4) is 0 Å². The van der Waals surface area contributed by atoms with Crippen molar-refractivity contribution in [2.24, 2.45) is 0 Å². The van der Waals surface area contributed by atoms with Gasteiger partial charge < -0.3 is 18.9 Å². The highest BCUT2D eigenvalue weighted by Gasteiger charge is 2.35. The Morgan fingerprint density at radius 1 is 0.975 bits per heavy atom. The van der Waals surface area contributed by atoms with E-state index >= 15 is 0 Å². The SMILES string of the molecule is C=CCOCCCCc1ccc(Cc2cc([C@H]3C[C@@H](OCc4ccccc4)C[C@@H](C(=O)OC)O3)ccc2C)cc1. The third-order valence-electron chi connectivity index (χ3n) is 7.48. The quantitative estimate of drug-likeness (QED) is 0.124. The Balaban J connectivity index is 1.39. The fraction of sp³-hybridized carbons (Fsp3) is 0.400. The van der Waals surface area contributed by atoms with Crippen molar-refractivity contribution in [3.05, 3.63) is 119 Å². The van der Waals surface area contributed by atoms with Gasteiger partial charge in [-0.15, -0.1) is 6.58 Å². The van der Waals surface area contributed by atoms with E-state index in [9.17, 15) is 4.79 Å². The zero-order chi connectivity index (χ0) is 28.2. The van der Waals surface area contributed by atoms with Crippen LogP contribution in [0.4, 0.5) is 0 Å². The molecule has 0 N–H and O–H groups in total. The van der Waals surface area contributed by atoms with E-state index in [-0.39, 0.29) is 18.2 Å². The van der Waals surface area contributed by atoms with Gasteiger partial charge in [-0.1, -0.05) is 78.9 Å². The highest BCUT2D eigenvalue weighted by Crippen LogP contribution is 2.35. The van der Waals surface area contributed by atoms with Crippen LogP contribution < -0.4 is 0 Å². The number of carbonyl (C=O) groups is 1. The second kappa shape index (κ2) is 15.5. The zero-order valence-electron chi connectivity index (χ0n) is 23.8. The van der Waals surface area contributed by atoms with Crippen molar-refractivity contribution in [2.45, 2.75) is 70.4 Å². The summed E-state index contributed by atoms with van der Waals surface area (Å²) in [6, 6.07) is 25.5. The Hall–Kier alpha value is -3.25. The number of rotatable bonds is 14. The Morgan fingerprint density at radius 3 is 2.50 bits per heavy atom. The number of benzene rings is 3. The van der Waals surface area contributed by atoms with Gasteiger partial charge in [0.05, 0.1) is 32.5 Å². The Kier molecular flexibility index (Phi) is 11.5. The van der Waals surface area contributed by atoms with Crippen LogP contribution in [0.5, 0.6) is 0 Å². The Labute approximate surface area is 239 Å². The van der Waals surface area contributed by atoms with Crippen LogP contribution in [0.3, 0.4) is 0 Å². The van der Waals surface area contributed by atoms with Crippen LogP contribution in [0, 0.1) is 6.92 Å². The van der Waals surface area contributed by atoms with Crippen LogP contribution in [0.25, 0.3) is 0 Å². The molecule has 3 atom stereocenters. The minimum atomic E-state index is -0.643. The minimum Gasteiger partial charge on any atom is -0.467 e. The van der Waals surface area contributed by atoms with Gasteiger partial charge in [0, 0.05) is 19.4 Å². The smallest absolute Gasteiger partial charge is 0.335 e. The van der Waals surface area contributed by atoms with E-state index in [4.69, 9.17) is 18.9 Å². The van der Waals surface area contributed by atoms with Crippen molar-refractivity contribution in [3.63, 3.8) is 0 Å². The van der Waals surface area contributed by atoms with E-state index in [1.807, 2.05) is 30.3 Å². The van der Waals surface area contributed by atoms with E-state index in [1.54, 1.807) is 6.08 Å². The summed E-state index contributed by atoms with van der Waals surface area (Å²) in [5.74, 6) is -0.352. The first-order valence-electron chi connectivity index (χ1n) is 14.3. The molecule has 0 bridgehead atoms. The molecule has 0 radical (unpaired) electrons. The molecule has 0 unspecified atom stereocenters. The normalized spacial score (nSPS) is 18.8. The van der Waals surface area contributed by atoms with E-state index in [1.165, 1.54) is 29.4 Å². The van der Waals surface area contributed by atoms with Crippen molar-refractivity contribution in [1.29, 1.82) is 0 Å². The molecule has 0 spiro atoms. The first-order chi connectivity index (χ1) is 19.6. The van der Waals surface area contributed by atoms with Crippen molar-refractivity contribution < 1.29 is 23.7 Å². The molecule has 0 saturated carbocycles. The number of aryl methyl sites for hydroxylation is 2. The summed E-state index contributed by atoms with van der Waals surface area (Å²) >= 11 is 0. The van der Waals surface area contributed by atoms with Crippen LogP contribution in [-0.4, -0.2) is 38.5 Å². The molecule has 3 aromatic rings.